The van der Waals surface area contributed by atoms with Gasteiger partial charge in [0.05, 0.1) is 6.10 Å². The van der Waals surface area contributed by atoms with Gasteiger partial charge in [-0.25, -0.2) is 4.79 Å². The summed E-state index contributed by atoms with van der Waals surface area (Å²) < 4.78 is 51.9. The van der Waals surface area contributed by atoms with Crippen LogP contribution >= 0.6 is 0 Å². The van der Waals surface area contributed by atoms with Crippen LogP contribution in [0.5, 0.6) is 5.75 Å². The van der Waals surface area contributed by atoms with Gasteiger partial charge in [-0.2, -0.15) is 8.78 Å². The van der Waals surface area contributed by atoms with Gasteiger partial charge in [0.1, 0.15) is 18.0 Å². The monoisotopic (exact) mass is 660 g/mol. The largest absolute Gasteiger partial charge is 0.487 e. The molecule has 4 atom stereocenters. The molecule has 0 spiro atoms. The van der Waals surface area contributed by atoms with E-state index in [1.165, 1.54) is 19.4 Å². The van der Waals surface area contributed by atoms with E-state index in [9.17, 15) is 23.2 Å². The van der Waals surface area contributed by atoms with Crippen LogP contribution < -0.4 is 4.74 Å². The fraction of sp³-hybridized carbons (Fsp3) is 0.605. The lowest BCUT2D eigenvalue weighted by molar-refractivity contribution is -0.149. The molecule has 7 nitrogen and oxygen atoms in total. The number of carbonyl (C=O) groups is 3. The van der Waals surface area contributed by atoms with Crippen molar-refractivity contribution in [2.75, 3.05) is 6.61 Å². The third-order valence-electron chi connectivity index (χ3n) is 7.99. The molecule has 1 saturated carbocycles. The highest BCUT2D eigenvalue weighted by atomic mass is 19.3. The fourth-order valence-electron chi connectivity index (χ4n) is 5.63. The number of rotatable bonds is 22. The molecule has 0 saturated heterocycles. The molecule has 0 aromatic heterocycles. The molecular weight excluding hydrogens is 606 g/mol. The standard InChI is InChI=1S/C38H54F2O7/c1-6-7-8-9-10-14-19-29(4)37(43)47-35-26-34(46-30(5)41)33(24-25-38(39,40)27-44-31-20-15-13-16-21-31)32(35)22-17-11-12-18-23-36(42)45-28(2)3/h11,13,15-17,20-21,24-25,28,32-35H,4,6-10,12,14,18-19,22-23,26-27H2,1-3,5H3/b17-11-,25-24+/t32-,33-,34-,35+/m1/s1. The summed E-state index contributed by atoms with van der Waals surface area (Å²) >= 11 is 0. The van der Waals surface area contributed by atoms with E-state index in [0.717, 1.165) is 38.2 Å². The van der Waals surface area contributed by atoms with Crippen molar-refractivity contribution in [1.82, 2.24) is 0 Å². The van der Waals surface area contributed by atoms with Crippen LogP contribution in [0.4, 0.5) is 8.78 Å². The van der Waals surface area contributed by atoms with Gasteiger partial charge in [0.2, 0.25) is 0 Å². The zero-order chi connectivity index (χ0) is 34.7. The highest BCUT2D eigenvalue weighted by molar-refractivity contribution is 5.87. The Morgan fingerprint density at radius 1 is 0.957 bits per heavy atom. The van der Waals surface area contributed by atoms with Crippen LogP contribution in [0, 0.1) is 11.8 Å². The number of allylic oxidation sites excluding steroid dienone is 2. The zero-order valence-corrected chi connectivity index (χ0v) is 28.6. The van der Waals surface area contributed by atoms with E-state index >= 15 is 0 Å². The lowest BCUT2D eigenvalue weighted by atomic mass is 9.89. The number of hydrogen-bond donors (Lipinski definition) is 0. The molecule has 9 heteroatoms. The second-order valence-corrected chi connectivity index (χ2v) is 12.5. The van der Waals surface area contributed by atoms with Gasteiger partial charge in [0, 0.05) is 37.2 Å². The Balaban J connectivity index is 2.16. The number of carbonyl (C=O) groups excluding carboxylic acids is 3. The minimum Gasteiger partial charge on any atom is -0.487 e. The van der Waals surface area contributed by atoms with E-state index in [1.807, 2.05) is 12.2 Å². The Labute approximate surface area is 279 Å². The van der Waals surface area contributed by atoms with Crippen LogP contribution in [0.1, 0.15) is 105 Å². The molecule has 0 bridgehead atoms. The van der Waals surface area contributed by atoms with Crippen molar-refractivity contribution in [3.63, 3.8) is 0 Å². The second-order valence-electron chi connectivity index (χ2n) is 12.5. The Morgan fingerprint density at radius 3 is 2.34 bits per heavy atom. The highest BCUT2D eigenvalue weighted by Crippen LogP contribution is 2.41. The molecule has 0 aliphatic heterocycles. The van der Waals surface area contributed by atoms with Crippen LogP contribution in [-0.4, -0.2) is 48.7 Å². The average molecular weight is 661 g/mol. The van der Waals surface area contributed by atoms with Crippen molar-refractivity contribution in [3.8, 4) is 5.75 Å². The molecule has 1 aliphatic carbocycles. The zero-order valence-electron chi connectivity index (χ0n) is 28.6. The van der Waals surface area contributed by atoms with Crippen molar-refractivity contribution in [1.29, 1.82) is 0 Å². The van der Waals surface area contributed by atoms with Gasteiger partial charge in [-0.1, -0.05) is 82.0 Å². The summed E-state index contributed by atoms with van der Waals surface area (Å²) in [4.78, 5) is 37.0. The molecule has 1 aromatic carbocycles. The lowest BCUT2D eigenvalue weighted by Crippen LogP contribution is -2.27. The molecule has 0 heterocycles. The van der Waals surface area contributed by atoms with Crippen molar-refractivity contribution >= 4 is 17.9 Å². The maximum absolute atomic E-state index is 15.0. The third-order valence-corrected chi connectivity index (χ3v) is 7.99. The molecule has 2 rings (SSSR count). The number of benzene rings is 1. The van der Waals surface area contributed by atoms with E-state index in [2.05, 4.69) is 13.5 Å². The number of unbranched alkanes of at least 4 members (excludes halogenated alkanes) is 6. The first-order chi connectivity index (χ1) is 22.4. The normalized spacial score (nSPS) is 19.7. The summed E-state index contributed by atoms with van der Waals surface area (Å²) in [7, 11) is 0. The van der Waals surface area contributed by atoms with E-state index in [4.69, 9.17) is 18.9 Å². The number of esters is 3. The quantitative estimate of drug-likeness (QED) is 0.0403. The van der Waals surface area contributed by atoms with Gasteiger partial charge in [0.15, 0.2) is 6.61 Å². The lowest BCUT2D eigenvalue weighted by Gasteiger charge is -2.24. The van der Waals surface area contributed by atoms with Crippen molar-refractivity contribution in [3.05, 3.63) is 66.8 Å². The van der Waals surface area contributed by atoms with E-state index in [-0.39, 0.29) is 24.9 Å². The molecule has 0 radical (unpaired) electrons. The molecule has 0 N–H and O–H groups in total. The predicted octanol–water partition coefficient (Wildman–Crippen LogP) is 9.11. The predicted molar refractivity (Wildman–Crippen MR) is 179 cm³/mol. The van der Waals surface area contributed by atoms with Crippen molar-refractivity contribution in [2.24, 2.45) is 11.8 Å². The number of alkyl halides is 2. The number of hydrogen-bond acceptors (Lipinski definition) is 7. The van der Waals surface area contributed by atoms with Crippen molar-refractivity contribution in [2.45, 2.75) is 129 Å². The fourth-order valence-corrected chi connectivity index (χ4v) is 5.63. The second kappa shape index (κ2) is 21.4. The maximum Gasteiger partial charge on any atom is 0.333 e. The maximum atomic E-state index is 15.0. The third kappa shape index (κ3) is 16.3. The summed E-state index contributed by atoms with van der Waals surface area (Å²) in [5, 5.41) is 0. The Kier molecular flexibility index (Phi) is 18.1. The van der Waals surface area contributed by atoms with Gasteiger partial charge < -0.3 is 18.9 Å². The van der Waals surface area contributed by atoms with E-state index in [0.29, 0.717) is 37.0 Å². The summed E-state index contributed by atoms with van der Waals surface area (Å²) in [6, 6.07) is 8.36. The van der Waals surface area contributed by atoms with Crippen molar-refractivity contribution < 1.29 is 42.1 Å². The summed E-state index contributed by atoms with van der Waals surface area (Å²) in [6.07, 6.45) is 13.4. The van der Waals surface area contributed by atoms with Gasteiger partial charge in [-0.15, -0.1) is 0 Å². The van der Waals surface area contributed by atoms with Crippen LogP contribution in [0.15, 0.2) is 66.8 Å². The Hall–Kier alpha value is -3.49. The molecule has 1 aromatic rings. The SMILES string of the molecule is C=C(CCCCCCCC)C(=O)O[C@H]1C[C@@H](OC(C)=O)[C@H](/C=C/C(F)(F)COc2ccccc2)[C@H]1C/C=C\CCCC(=O)OC(C)C. The molecular formula is C38H54F2O7. The van der Waals surface area contributed by atoms with Crippen LogP contribution in [-0.2, 0) is 28.6 Å². The van der Waals surface area contributed by atoms with Crippen LogP contribution in [0.25, 0.3) is 0 Å². The molecule has 0 amide bonds. The first-order valence-electron chi connectivity index (χ1n) is 17.1. The molecule has 47 heavy (non-hydrogen) atoms. The summed E-state index contributed by atoms with van der Waals surface area (Å²) in [6.45, 7) is 10.1. The topological polar surface area (TPSA) is 88.1 Å². The molecule has 1 fully saturated rings. The molecule has 1 aliphatic rings. The number of ether oxygens (including phenoxy) is 4. The van der Waals surface area contributed by atoms with Gasteiger partial charge in [0.25, 0.3) is 5.92 Å². The van der Waals surface area contributed by atoms with Crippen LogP contribution in [0.2, 0.25) is 0 Å². The smallest absolute Gasteiger partial charge is 0.333 e. The highest BCUT2D eigenvalue weighted by Gasteiger charge is 2.46. The molecule has 262 valence electrons. The van der Waals surface area contributed by atoms with E-state index in [1.54, 1.807) is 44.2 Å². The Bertz CT molecular complexity index is 1160. The van der Waals surface area contributed by atoms with Crippen LogP contribution in [0.3, 0.4) is 0 Å². The first-order valence-corrected chi connectivity index (χ1v) is 17.1. The number of halogens is 2. The van der Waals surface area contributed by atoms with Gasteiger partial charge >= 0.3 is 17.9 Å². The minimum atomic E-state index is -3.30. The average Bonchev–Trinajstić information content (AvgIpc) is 3.32. The molecule has 0 unspecified atom stereocenters. The summed E-state index contributed by atoms with van der Waals surface area (Å²) in [5.74, 6) is -5.38. The first kappa shape index (κ1) is 39.7. The minimum absolute atomic E-state index is 0.172. The van der Waals surface area contributed by atoms with E-state index < -0.39 is 48.5 Å². The van der Waals surface area contributed by atoms with Gasteiger partial charge in [-0.05, 0) is 64.2 Å². The number of para-hydroxylation sites is 1. The Morgan fingerprint density at radius 2 is 1.66 bits per heavy atom. The summed E-state index contributed by atoms with van der Waals surface area (Å²) in [5.41, 5.74) is 0.371. The van der Waals surface area contributed by atoms with Gasteiger partial charge in [-0.3, -0.25) is 9.59 Å².